The molecular weight excluding hydrogens is 181 g/mol. The van der Waals surface area contributed by atoms with E-state index in [9.17, 15) is 4.57 Å². The molecule has 12 heavy (non-hydrogen) atoms. The first-order valence-electron chi connectivity index (χ1n) is 3.42. The lowest BCUT2D eigenvalue weighted by Crippen LogP contribution is -2.20. The fourth-order valence-corrected chi connectivity index (χ4v) is 1.49. The first-order valence-corrected chi connectivity index (χ1v) is 4.92. The van der Waals surface area contributed by atoms with Gasteiger partial charge in [0.25, 0.3) is 0 Å². The molecule has 0 saturated heterocycles. The SMILES string of the molecule is CCOP(=O)(O)OC(C)(C)C#N. The Hall–Kier alpha value is -0.400. The maximum Gasteiger partial charge on any atom is 0.473 e. The van der Waals surface area contributed by atoms with Crippen molar-refractivity contribution in [3.8, 4) is 6.07 Å². The lowest BCUT2D eigenvalue weighted by Gasteiger charge is -2.19. The number of nitrogens with zero attached hydrogens (tertiary/aromatic N) is 1. The zero-order valence-electron chi connectivity index (χ0n) is 7.27. The minimum atomic E-state index is -4.05. The number of nitriles is 1. The van der Waals surface area contributed by atoms with Crippen LogP contribution < -0.4 is 0 Å². The van der Waals surface area contributed by atoms with Crippen LogP contribution in [0.4, 0.5) is 0 Å². The average Bonchev–Trinajstić information content (AvgIpc) is 1.85. The van der Waals surface area contributed by atoms with Gasteiger partial charge in [0, 0.05) is 0 Å². The molecule has 5 nitrogen and oxygen atoms in total. The second-order valence-electron chi connectivity index (χ2n) is 2.60. The van der Waals surface area contributed by atoms with E-state index >= 15 is 0 Å². The average molecular weight is 193 g/mol. The monoisotopic (exact) mass is 193 g/mol. The molecular formula is C6H12NO4P. The molecule has 0 aliphatic carbocycles. The number of hydrogen-bond donors (Lipinski definition) is 1. The Morgan fingerprint density at radius 1 is 1.67 bits per heavy atom. The Kier molecular flexibility index (Phi) is 3.88. The Labute approximate surface area is 71.5 Å². The summed E-state index contributed by atoms with van der Waals surface area (Å²) in [5.74, 6) is 0. The third kappa shape index (κ3) is 4.47. The van der Waals surface area contributed by atoms with Crippen molar-refractivity contribution in [2.24, 2.45) is 0 Å². The van der Waals surface area contributed by atoms with Crippen molar-refractivity contribution >= 4 is 7.82 Å². The van der Waals surface area contributed by atoms with Crippen molar-refractivity contribution in [2.45, 2.75) is 26.4 Å². The molecule has 6 heteroatoms. The van der Waals surface area contributed by atoms with Gasteiger partial charge in [-0.3, -0.25) is 9.05 Å². The van der Waals surface area contributed by atoms with E-state index in [-0.39, 0.29) is 6.61 Å². The highest BCUT2D eigenvalue weighted by atomic mass is 31.2. The van der Waals surface area contributed by atoms with Crippen LogP contribution in [0.15, 0.2) is 0 Å². The first kappa shape index (κ1) is 11.6. The number of phosphoric acid groups is 1. The highest BCUT2D eigenvalue weighted by Gasteiger charge is 2.31. The summed E-state index contributed by atoms with van der Waals surface area (Å²) >= 11 is 0. The molecule has 0 aromatic heterocycles. The molecule has 70 valence electrons. The molecule has 0 radical (unpaired) electrons. The highest BCUT2D eigenvalue weighted by molar-refractivity contribution is 7.47. The predicted octanol–water partition coefficient (Wildman–Crippen LogP) is 1.44. The van der Waals surface area contributed by atoms with Crippen LogP contribution in [0.25, 0.3) is 0 Å². The van der Waals surface area contributed by atoms with Crippen molar-refractivity contribution < 1.29 is 18.5 Å². The van der Waals surface area contributed by atoms with Crippen molar-refractivity contribution in [2.75, 3.05) is 6.61 Å². The van der Waals surface area contributed by atoms with E-state index in [4.69, 9.17) is 10.2 Å². The van der Waals surface area contributed by atoms with Crippen molar-refractivity contribution in [1.29, 1.82) is 5.26 Å². The second-order valence-corrected chi connectivity index (χ2v) is 3.98. The third-order valence-corrected chi connectivity index (χ3v) is 2.18. The maximum absolute atomic E-state index is 10.9. The molecule has 0 fully saturated rings. The van der Waals surface area contributed by atoms with Crippen molar-refractivity contribution in [3.63, 3.8) is 0 Å². The van der Waals surface area contributed by atoms with E-state index in [1.807, 2.05) is 0 Å². The summed E-state index contributed by atoms with van der Waals surface area (Å²) in [5, 5.41) is 8.46. The highest BCUT2D eigenvalue weighted by Crippen LogP contribution is 2.46. The van der Waals surface area contributed by atoms with Crippen LogP contribution in [0, 0.1) is 11.3 Å². The smallest absolute Gasteiger partial charge is 0.302 e. The van der Waals surface area contributed by atoms with Crippen LogP contribution >= 0.6 is 7.82 Å². The summed E-state index contributed by atoms with van der Waals surface area (Å²) in [6, 6.07) is 1.72. The van der Waals surface area contributed by atoms with Gasteiger partial charge in [-0.15, -0.1) is 0 Å². The third-order valence-electron chi connectivity index (χ3n) is 0.905. The fourth-order valence-electron chi connectivity index (χ4n) is 0.498. The minimum absolute atomic E-state index is 0.0648. The van der Waals surface area contributed by atoms with Crippen LogP contribution in [-0.2, 0) is 13.6 Å². The summed E-state index contributed by atoms with van der Waals surface area (Å²) in [5.41, 5.74) is -1.31. The zero-order valence-corrected chi connectivity index (χ0v) is 8.17. The van der Waals surface area contributed by atoms with Gasteiger partial charge in [-0.1, -0.05) is 0 Å². The van der Waals surface area contributed by atoms with Gasteiger partial charge >= 0.3 is 7.82 Å². The zero-order chi connectivity index (χ0) is 9.83. The molecule has 0 amide bonds. The molecule has 0 aliphatic heterocycles. The standard InChI is InChI=1S/C6H12NO4P/c1-4-10-12(8,9)11-6(2,3)5-7/h4H2,1-3H3,(H,8,9). The molecule has 0 bridgehead atoms. The second kappa shape index (κ2) is 4.01. The van der Waals surface area contributed by atoms with Crippen LogP contribution in [0.5, 0.6) is 0 Å². The molecule has 0 rings (SSSR count). The van der Waals surface area contributed by atoms with Gasteiger partial charge in [0.2, 0.25) is 0 Å². The van der Waals surface area contributed by atoms with Gasteiger partial charge in [0.1, 0.15) is 0 Å². The van der Waals surface area contributed by atoms with Crippen molar-refractivity contribution in [3.05, 3.63) is 0 Å². The van der Waals surface area contributed by atoms with Gasteiger partial charge in [0.15, 0.2) is 5.60 Å². The molecule has 0 aromatic carbocycles. The summed E-state index contributed by atoms with van der Waals surface area (Å²) in [7, 11) is -4.05. The van der Waals surface area contributed by atoms with E-state index in [2.05, 4.69) is 9.05 Å². The number of hydrogen-bond acceptors (Lipinski definition) is 4. The van der Waals surface area contributed by atoms with E-state index in [0.717, 1.165) is 0 Å². The Morgan fingerprint density at radius 2 is 2.17 bits per heavy atom. The van der Waals surface area contributed by atoms with E-state index < -0.39 is 13.4 Å². The molecule has 0 aliphatic rings. The fraction of sp³-hybridized carbons (Fsp3) is 0.833. The molecule has 1 N–H and O–H groups in total. The summed E-state index contributed by atoms with van der Waals surface area (Å²) < 4.78 is 19.9. The normalized spacial score (nSPS) is 16.6. The minimum Gasteiger partial charge on any atom is -0.302 e. The van der Waals surface area contributed by atoms with E-state index in [1.165, 1.54) is 13.8 Å². The topological polar surface area (TPSA) is 79.6 Å². The van der Waals surface area contributed by atoms with E-state index in [1.54, 1.807) is 13.0 Å². The van der Waals surface area contributed by atoms with Gasteiger partial charge in [-0.2, -0.15) is 5.26 Å². The lowest BCUT2D eigenvalue weighted by molar-refractivity contribution is 0.0875. The molecule has 0 aromatic rings. The summed E-state index contributed by atoms with van der Waals surface area (Å²) in [4.78, 5) is 8.94. The number of phosphoric ester groups is 1. The summed E-state index contributed by atoms with van der Waals surface area (Å²) in [6.45, 7) is 4.39. The van der Waals surface area contributed by atoms with Crippen LogP contribution in [0.3, 0.4) is 0 Å². The predicted molar refractivity (Wildman–Crippen MR) is 42.2 cm³/mol. The largest absolute Gasteiger partial charge is 0.473 e. The molecule has 0 heterocycles. The van der Waals surface area contributed by atoms with Crippen LogP contribution in [-0.4, -0.2) is 17.1 Å². The molecule has 0 spiro atoms. The van der Waals surface area contributed by atoms with Gasteiger partial charge in [-0.05, 0) is 20.8 Å². The Balaban J connectivity index is 4.27. The maximum atomic E-state index is 10.9. The quantitative estimate of drug-likeness (QED) is 0.683. The summed E-state index contributed by atoms with van der Waals surface area (Å²) in [6.07, 6.45) is 0. The number of rotatable bonds is 4. The molecule has 1 atom stereocenters. The molecule has 0 saturated carbocycles. The van der Waals surface area contributed by atoms with E-state index in [0.29, 0.717) is 0 Å². The van der Waals surface area contributed by atoms with Crippen LogP contribution in [0.2, 0.25) is 0 Å². The van der Waals surface area contributed by atoms with Gasteiger partial charge < -0.3 is 4.89 Å². The Morgan fingerprint density at radius 3 is 2.50 bits per heavy atom. The van der Waals surface area contributed by atoms with Gasteiger partial charge in [-0.25, -0.2) is 4.57 Å². The van der Waals surface area contributed by atoms with Gasteiger partial charge in [0.05, 0.1) is 12.7 Å². The van der Waals surface area contributed by atoms with Crippen molar-refractivity contribution in [1.82, 2.24) is 0 Å². The first-order chi connectivity index (χ1) is 5.33. The lowest BCUT2D eigenvalue weighted by atomic mass is 10.2. The molecule has 1 unspecified atom stereocenters. The van der Waals surface area contributed by atoms with Crippen LogP contribution in [0.1, 0.15) is 20.8 Å². The Bertz CT molecular complexity index is 232.